The van der Waals surface area contributed by atoms with Crippen molar-refractivity contribution in [3.8, 4) is 11.1 Å². The Morgan fingerprint density at radius 2 is 1.66 bits per heavy atom. The molecule has 0 aliphatic heterocycles. The summed E-state index contributed by atoms with van der Waals surface area (Å²) in [5.41, 5.74) is 3.42. The normalized spacial score (nSPS) is 16.8. The van der Waals surface area contributed by atoms with Crippen LogP contribution in [0.4, 0.5) is 4.79 Å². The standard InChI is InChI=1S/C25H28N2O5/c1-2-16(14-22(28)27-25(23(29)30)12-7-13-25)26-24(31)32-15-21-19-10-5-3-8-17(19)18-9-4-6-11-20(18)21/h3-6,8-11,16,21H,2,7,12-15H2,1H3,(H,26,31)(H,27,28)(H,29,30)/t16-/m1/s1. The Hall–Kier alpha value is -3.35. The predicted molar refractivity (Wildman–Crippen MR) is 119 cm³/mol. The van der Waals surface area contributed by atoms with E-state index in [2.05, 4.69) is 34.9 Å². The summed E-state index contributed by atoms with van der Waals surface area (Å²) in [7, 11) is 0. The van der Waals surface area contributed by atoms with E-state index in [0.717, 1.165) is 28.7 Å². The molecule has 1 fully saturated rings. The highest BCUT2D eigenvalue weighted by atomic mass is 16.5. The molecule has 2 aromatic carbocycles. The number of ether oxygens (including phenoxy) is 1. The molecule has 1 saturated carbocycles. The first-order valence-electron chi connectivity index (χ1n) is 11.1. The first-order valence-corrected chi connectivity index (χ1v) is 11.1. The van der Waals surface area contributed by atoms with Crippen LogP contribution in [0.1, 0.15) is 56.1 Å². The number of hydrogen-bond acceptors (Lipinski definition) is 4. The van der Waals surface area contributed by atoms with E-state index in [9.17, 15) is 19.5 Å². The van der Waals surface area contributed by atoms with Crippen molar-refractivity contribution in [2.24, 2.45) is 0 Å². The smallest absolute Gasteiger partial charge is 0.407 e. The molecule has 0 saturated heterocycles. The maximum Gasteiger partial charge on any atom is 0.407 e. The lowest BCUT2D eigenvalue weighted by molar-refractivity contribution is -0.151. The van der Waals surface area contributed by atoms with Crippen molar-refractivity contribution in [2.75, 3.05) is 6.61 Å². The number of carbonyl (C=O) groups excluding carboxylic acids is 2. The lowest BCUT2D eigenvalue weighted by Gasteiger charge is -2.38. The van der Waals surface area contributed by atoms with E-state index >= 15 is 0 Å². The molecule has 0 heterocycles. The van der Waals surface area contributed by atoms with Gasteiger partial charge in [-0.05, 0) is 47.9 Å². The summed E-state index contributed by atoms with van der Waals surface area (Å²) in [6.45, 7) is 2.06. The summed E-state index contributed by atoms with van der Waals surface area (Å²) in [5.74, 6) is -1.42. The molecule has 2 aliphatic rings. The van der Waals surface area contributed by atoms with Gasteiger partial charge in [-0.2, -0.15) is 0 Å². The number of benzene rings is 2. The molecule has 0 unspecified atom stereocenters. The summed E-state index contributed by atoms with van der Waals surface area (Å²) in [6.07, 6.45) is 1.60. The van der Waals surface area contributed by atoms with E-state index in [1.165, 1.54) is 0 Å². The second-order valence-corrected chi connectivity index (χ2v) is 8.57. The third-order valence-corrected chi connectivity index (χ3v) is 6.59. The Morgan fingerprint density at radius 3 is 2.16 bits per heavy atom. The molecule has 3 N–H and O–H groups in total. The van der Waals surface area contributed by atoms with Crippen molar-refractivity contribution in [1.82, 2.24) is 10.6 Å². The molecule has 0 bridgehead atoms. The quantitative estimate of drug-likeness (QED) is 0.584. The van der Waals surface area contributed by atoms with Crippen LogP contribution < -0.4 is 10.6 Å². The van der Waals surface area contributed by atoms with Gasteiger partial charge >= 0.3 is 12.1 Å². The van der Waals surface area contributed by atoms with Crippen LogP contribution in [0, 0.1) is 0 Å². The fourth-order valence-electron chi connectivity index (χ4n) is 4.57. The zero-order valence-electron chi connectivity index (χ0n) is 18.1. The van der Waals surface area contributed by atoms with Gasteiger partial charge in [-0.1, -0.05) is 55.5 Å². The maximum absolute atomic E-state index is 12.5. The minimum absolute atomic E-state index is 0.00965. The number of amides is 2. The molecule has 0 spiro atoms. The van der Waals surface area contributed by atoms with Crippen molar-refractivity contribution < 1.29 is 24.2 Å². The molecule has 2 amide bonds. The van der Waals surface area contributed by atoms with Crippen LogP contribution in [0.3, 0.4) is 0 Å². The van der Waals surface area contributed by atoms with Gasteiger partial charge in [0.1, 0.15) is 12.1 Å². The summed E-state index contributed by atoms with van der Waals surface area (Å²) < 4.78 is 5.55. The van der Waals surface area contributed by atoms with Gasteiger partial charge in [0.05, 0.1) is 0 Å². The third-order valence-electron chi connectivity index (χ3n) is 6.59. The number of nitrogens with one attached hydrogen (secondary N) is 2. The number of fused-ring (bicyclic) bond motifs is 3. The number of carbonyl (C=O) groups is 3. The summed E-state index contributed by atoms with van der Waals surface area (Å²) in [6, 6.07) is 15.8. The highest BCUT2D eigenvalue weighted by molar-refractivity contribution is 5.88. The molecular weight excluding hydrogens is 408 g/mol. The molecule has 168 valence electrons. The largest absolute Gasteiger partial charge is 0.480 e. The van der Waals surface area contributed by atoms with Gasteiger partial charge in [0, 0.05) is 18.4 Å². The number of carboxylic acid groups (broad SMARTS) is 1. The zero-order valence-corrected chi connectivity index (χ0v) is 18.1. The first kappa shape index (κ1) is 21.9. The summed E-state index contributed by atoms with van der Waals surface area (Å²) in [4.78, 5) is 36.3. The van der Waals surface area contributed by atoms with Crippen LogP contribution in [0.2, 0.25) is 0 Å². The van der Waals surface area contributed by atoms with Crippen molar-refractivity contribution >= 4 is 18.0 Å². The SMILES string of the molecule is CC[C@H](CC(=O)NC1(C(=O)O)CCC1)NC(=O)OCC1c2ccccc2-c2ccccc21. The van der Waals surface area contributed by atoms with Crippen molar-refractivity contribution in [1.29, 1.82) is 0 Å². The minimum atomic E-state index is -1.15. The van der Waals surface area contributed by atoms with Crippen LogP contribution in [0.25, 0.3) is 11.1 Å². The monoisotopic (exact) mass is 436 g/mol. The molecular formula is C25H28N2O5. The van der Waals surface area contributed by atoms with Crippen molar-refractivity contribution in [3.05, 3.63) is 59.7 Å². The second kappa shape index (κ2) is 9.02. The summed E-state index contributed by atoms with van der Waals surface area (Å²) in [5, 5.41) is 14.8. The van der Waals surface area contributed by atoms with E-state index in [0.29, 0.717) is 19.3 Å². The molecule has 1 atom stereocenters. The van der Waals surface area contributed by atoms with E-state index in [1.807, 2.05) is 31.2 Å². The highest BCUT2D eigenvalue weighted by Crippen LogP contribution is 2.44. The molecule has 7 heteroatoms. The fraction of sp³-hybridized carbons (Fsp3) is 0.400. The average molecular weight is 437 g/mol. The Bertz CT molecular complexity index is 985. The Balaban J connectivity index is 1.33. The van der Waals surface area contributed by atoms with E-state index in [-0.39, 0.29) is 24.9 Å². The molecule has 7 nitrogen and oxygen atoms in total. The van der Waals surface area contributed by atoms with Crippen LogP contribution in [0.5, 0.6) is 0 Å². The molecule has 4 rings (SSSR count). The predicted octanol–water partition coefficient (Wildman–Crippen LogP) is 3.82. The number of alkyl carbamates (subject to hydrolysis) is 1. The third kappa shape index (κ3) is 4.20. The van der Waals surface area contributed by atoms with Crippen LogP contribution >= 0.6 is 0 Å². The fourth-order valence-corrected chi connectivity index (χ4v) is 4.57. The molecule has 2 aliphatic carbocycles. The van der Waals surface area contributed by atoms with Gasteiger partial charge in [0.25, 0.3) is 0 Å². The van der Waals surface area contributed by atoms with E-state index in [4.69, 9.17) is 4.74 Å². The molecule has 32 heavy (non-hydrogen) atoms. The second-order valence-electron chi connectivity index (χ2n) is 8.57. The Morgan fingerprint density at radius 1 is 1.06 bits per heavy atom. The highest BCUT2D eigenvalue weighted by Gasteiger charge is 2.45. The van der Waals surface area contributed by atoms with E-state index in [1.54, 1.807) is 0 Å². The first-order chi connectivity index (χ1) is 15.4. The van der Waals surface area contributed by atoms with Gasteiger partial charge in [-0.15, -0.1) is 0 Å². The number of aliphatic carboxylic acids is 1. The lowest BCUT2D eigenvalue weighted by Crippen LogP contribution is -2.59. The molecule has 0 radical (unpaired) electrons. The Kier molecular flexibility index (Phi) is 6.17. The van der Waals surface area contributed by atoms with Gasteiger partial charge in [-0.25, -0.2) is 9.59 Å². The van der Waals surface area contributed by atoms with Crippen LogP contribution in [-0.4, -0.2) is 41.3 Å². The molecule has 0 aromatic heterocycles. The van der Waals surface area contributed by atoms with Gasteiger partial charge in [0.2, 0.25) is 5.91 Å². The van der Waals surface area contributed by atoms with Gasteiger partial charge < -0.3 is 20.5 Å². The molecule has 2 aromatic rings. The lowest BCUT2D eigenvalue weighted by atomic mass is 9.76. The zero-order chi connectivity index (χ0) is 22.7. The number of carboxylic acids is 1. The minimum Gasteiger partial charge on any atom is -0.480 e. The van der Waals surface area contributed by atoms with E-state index < -0.39 is 23.6 Å². The van der Waals surface area contributed by atoms with Crippen LogP contribution in [0.15, 0.2) is 48.5 Å². The van der Waals surface area contributed by atoms with Gasteiger partial charge in [-0.3, -0.25) is 4.79 Å². The van der Waals surface area contributed by atoms with Crippen molar-refractivity contribution in [2.45, 2.75) is 56.5 Å². The summed E-state index contributed by atoms with van der Waals surface area (Å²) >= 11 is 0. The van der Waals surface area contributed by atoms with Gasteiger partial charge in [0.15, 0.2) is 0 Å². The van der Waals surface area contributed by atoms with Crippen LogP contribution in [-0.2, 0) is 14.3 Å². The van der Waals surface area contributed by atoms with Crippen molar-refractivity contribution in [3.63, 3.8) is 0 Å². The Labute approximate surface area is 187 Å². The average Bonchev–Trinajstić information content (AvgIpc) is 3.08. The number of hydrogen-bond donors (Lipinski definition) is 3. The maximum atomic E-state index is 12.5. The topological polar surface area (TPSA) is 105 Å². The number of rotatable bonds is 8.